The van der Waals surface area contributed by atoms with E-state index < -0.39 is 5.60 Å². The van der Waals surface area contributed by atoms with Crippen LogP contribution in [0, 0.1) is 36.5 Å². The summed E-state index contributed by atoms with van der Waals surface area (Å²) in [5.41, 5.74) is 3.35. The van der Waals surface area contributed by atoms with Crippen molar-refractivity contribution in [3.8, 4) is 17.6 Å². The average Bonchev–Trinajstić information content (AvgIpc) is 3.32. The van der Waals surface area contributed by atoms with Crippen LogP contribution in [0.2, 0.25) is 0 Å². The Morgan fingerprint density at radius 3 is 2.24 bits per heavy atom. The van der Waals surface area contributed by atoms with E-state index in [9.17, 15) is 0 Å². The Kier molecular flexibility index (Phi) is 13.7. The molecule has 1 aromatic carbocycles. The number of ether oxygens (including phenoxy) is 1. The number of hydrogen-bond donors (Lipinski definition) is 0. The largest absolute Gasteiger partial charge is 0.359 e. The van der Waals surface area contributed by atoms with Gasteiger partial charge in [-0.05, 0) is 56.4 Å². The zero-order valence-corrected chi connectivity index (χ0v) is 27.7. The van der Waals surface area contributed by atoms with E-state index in [1.54, 1.807) is 0 Å². The van der Waals surface area contributed by atoms with E-state index in [1.165, 1.54) is 52.1 Å². The van der Waals surface area contributed by atoms with Gasteiger partial charge in [0, 0.05) is 19.2 Å². The fourth-order valence-electron chi connectivity index (χ4n) is 5.91. The minimum atomic E-state index is -0.584. The maximum absolute atomic E-state index is 6.58. The lowest BCUT2D eigenvalue weighted by molar-refractivity contribution is -0.179. The van der Waals surface area contributed by atoms with Crippen LogP contribution >= 0.6 is 0 Å². The third kappa shape index (κ3) is 10.6. The number of pyridine rings is 1. The molecule has 2 heterocycles. The van der Waals surface area contributed by atoms with Crippen LogP contribution in [0.25, 0.3) is 0 Å². The van der Waals surface area contributed by atoms with Gasteiger partial charge in [0.25, 0.3) is 0 Å². The van der Waals surface area contributed by atoms with Crippen LogP contribution in [0.15, 0.2) is 30.3 Å². The van der Waals surface area contributed by atoms with Crippen LogP contribution < -0.4 is 9.79 Å². The van der Waals surface area contributed by atoms with Gasteiger partial charge in [0.1, 0.15) is 11.4 Å². The minimum Gasteiger partial charge on any atom is -0.359 e. The third-order valence-corrected chi connectivity index (χ3v) is 8.70. The number of fused-ring (bicyclic) bond motifs is 1. The molecule has 0 saturated heterocycles. The fourth-order valence-corrected chi connectivity index (χ4v) is 5.91. The Morgan fingerprint density at radius 2 is 1.60 bits per heavy atom. The third-order valence-electron chi connectivity index (χ3n) is 8.70. The molecule has 1 aliphatic rings. The summed E-state index contributed by atoms with van der Waals surface area (Å²) in [5, 5.41) is 0. The topological polar surface area (TPSA) is 43.8 Å². The lowest BCUT2D eigenvalue weighted by atomic mass is 9.90. The van der Waals surface area contributed by atoms with Crippen molar-refractivity contribution in [2.45, 2.75) is 118 Å². The zero-order chi connectivity index (χ0) is 30.5. The molecule has 0 saturated carbocycles. The molecule has 0 radical (unpaired) electrons. The van der Waals surface area contributed by atoms with Crippen LogP contribution in [0.5, 0.6) is 5.75 Å². The highest BCUT2D eigenvalue weighted by Crippen LogP contribution is 2.35. The number of likely N-dealkylation sites (N-methyl/N-ethyl adjacent to an activating group) is 1. The van der Waals surface area contributed by atoms with Gasteiger partial charge in [-0.25, -0.2) is 4.98 Å². The van der Waals surface area contributed by atoms with E-state index in [4.69, 9.17) is 19.5 Å². The van der Waals surface area contributed by atoms with E-state index in [1.807, 2.05) is 13.0 Å². The molecule has 0 N–H and O–H groups in total. The number of rotatable bonds is 17. The van der Waals surface area contributed by atoms with Crippen molar-refractivity contribution < 1.29 is 14.5 Å². The molecule has 0 spiro atoms. The van der Waals surface area contributed by atoms with Gasteiger partial charge < -0.3 is 14.5 Å². The first kappa shape index (κ1) is 33.9. The zero-order valence-electron chi connectivity index (χ0n) is 27.7. The van der Waals surface area contributed by atoms with Crippen molar-refractivity contribution in [2.75, 3.05) is 25.6 Å². The molecule has 5 heteroatoms. The van der Waals surface area contributed by atoms with Gasteiger partial charge in [-0.15, -0.1) is 0 Å². The number of aryl methyl sites for hydroxylation is 1. The second kappa shape index (κ2) is 16.9. The van der Waals surface area contributed by atoms with Crippen molar-refractivity contribution in [1.82, 2.24) is 4.98 Å². The molecule has 0 amide bonds. The lowest BCUT2D eigenvalue weighted by Crippen LogP contribution is -2.27. The summed E-state index contributed by atoms with van der Waals surface area (Å²) in [5.74, 6) is 11.0. The molecule has 0 aliphatic carbocycles. The van der Waals surface area contributed by atoms with Crippen molar-refractivity contribution in [3.05, 3.63) is 52.7 Å². The van der Waals surface area contributed by atoms with Crippen molar-refractivity contribution >= 4 is 5.82 Å². The molecule has 0 bridgehead atoms. The molecule has 0 fully saturated rings. The number of hydrogen-bond acceptors (Lipinski definition) is 5. The van der Waals surface area contributed by atoms with Crippen LogP contribution in [0.3, 0.4) is 0 Å². The summed E-state index contributed by atoms with van der Waals surface area (Å²) in [6, 6.07) is 10.4. The molecule has 3 rings (SSSR count). The summed E-state index contributed by atoms with van der Waals surface area (Å²) >= 11 is 0. The van der Waals surface area contributed by atoms with E-state index >= 15 is 0 Å². The summed E-state index contributed by atoms with van der Waals surface area (Å²) in [6.45, 7) is 15.0. The van der Waals surface area contributed by atoms with Crippen molar-refractivity contribution in [1.29, 1.82) is 0 Å². The van der Waals surface area contributed by atoms with Crippen LogP contribution in [0.1, 0.15) is 115 Å². The number of anilines is 1. The van der Waals surface area contributed by atoms with Crippen LogP contribution in [0.4, 0.5) is 5.82 Å². The highest BCUT2D eigenvalue weighted by Gasteiger charge is 2.27. The highest BCUT2D eigenvalue weighted by atomic mass is 17.2. The normalized spacial score (nSPS) is 15.6. The first-order chi connectivity index (χ1) is 20.1. The van der Waals surface area contributed by atoms with E-state index in [-0.39, 0.29) is 0 Å². The molecule has 3 atom stereocenters. The quantitative estimate of drug-likeness (QED) is 0.107. The monoisotopic (exact) mass is 576 g/mol. The van der Waals surface area contributed by atoms with Gasteiger partial charge in [-0.2, -0.15) is 4.89 Å². The second-order valence-corrected chi connectivity index (χ2v) is 13.2. The molecular formula is C37H56N2O3. The van der Waals surface area contributed by atoms with Gasteiger partial charge in [0.2, 0.25) is 5.75 Å². The standard InChI is InChI=1S/C37H56N2O3/c1-28(2)15-12-16-29(3)17-13-18-30(4)19-14-24-37(6,41-27-32-20-10-9-11-21-32)25-22-33-34-23-26-39(7)36(34)38-31(5)35(33)42-40-8/h9-11,20-21,28-30H,12-19,23-24,26-27H2,1-8H3/t29-,30-,37-/m1/s1. The predicted molar refractivity (Wildman–Crippen MR) is 175 cm³/mol. The summed E-state index contributed by atoms with van der Waals surface area (Å²) in [7, 11) is 3.60. The number of nitrogens with zero attached hydrogens (tertiary/aromatic N) is 2. The van der Waals surface area contributed by atoms with E-state index in [0.29, 0.717) is 18.3 Å². The first-order valence-corrected chi connectivity index (χ1v) is 16.3. The fraction of sp³-hybridized carbons (Fsp3) is 0.649. The van der Waals surface area contributed by atoms with Crippen LogP contribution in [-0.2, 0) is 22.7 Å². The smallest absolute Gasteiger partial charge is 0.202 e. The summed E-state index contributed by atoms with van der Waals surface area (Å²) in [6.07, 6.45) is 12.1. The van der Waals surface area contributed by atoms with Crippen LogP contribution in [-0.4, -0.2) is 31.3 Å². The first-order valence-electron chi connectivity index (χ1n) is 16.3. The van der Waals surface area contributed by atoms with Gasteiger partial charge in [-0.3, -0.25) is 0 Å². The molecule has 1 aromatic heterocycles. The Balaban J connectivity index is 1.67. The Morgan fingerprint density at radius 1 is 0.952 bits per heavy atom. The minimum absolute atomic E-state index is 0.536. The lowest BCUT2D eigenvalue weighted by Gasteiger charge is -2.25. The van der Waals surface area contributed by atoms with Crippen molar-refractivity contribution in [3.63, 3.8) is 0 Å². The summed E-state index contributed by atoms with van der Waals surface area (Å²) < 4.78 is 6.58. The Labute approximate surface area is 256 Å². The predicted octanol–water partition coefficient (Wildman–Crippen LogP) is 9.09. The maximum Gasteiger partial charge on any atom is 0.202 e. The number of aromatic nitrogens is 1. The summed E-state index contributed by atoms with van der Waals surface area (Å²) in [4.78, 5) is 17.6. The maximum atomic E-state index is 6.58. The van der Waals surface area contributed by atoms with Gasteiger partial charge >= 0.3 is 0 Å². The number of benzene rings is 1. The van der Waals surface area contributed by atoms with Gasteiger partial charge in [0.05, 0.1) is 25.0 Å². The highest BCUT2D eigenvalue weighted by molar-refractivity contribution is 5.65. The Bertz CT molecular complexity index is 1150. The SMILES string of the molecule is COOc1c(C)nc2c(c1C#C[C@@](C)(CCC[C@H](C)CCC[C@H](C)CCCC(C)C)OCc1ccccc1)CCN2C. The second-order valence-electron chi connectivity index (χ2n) is 13.2. The molecule has 1 aliphatic heterocycles. The molecule has 2 aromatic rings. The molecule has 232 valence electrons. The molecule has 5 nitrogen and oxygen atoms in total. The van der Waals surface area contributed by atoms with E-state index in [2.05, 4.69) is 82.7 Å². The van der Waals surface area contributed by atoms with Gasteiger partial charge in [-0.1, -0.05) is 115 Å². The molecule has 42 heavy (non-hydrogen) atoms. The van der Waals surface area contributed by atoms with Crippen molar-refractivity contribution in [2.24, 2.45) is 17.8 Å². The molecule has 0 unspecified atom stereocenters. The molecular weight excluding hydrogens is 520 g/mol. The van der Waals surface area contributed by atoms with E-state index in [0.717, 1.165) is 65.8 Å². The Hall–Kier alpha value is -2.55. The average molecular weight is 577 g/mol. The van der Waals surface area contributed by atoms with Gasteiger partial charge in [0.15, 0.2) is 0 Å².